The third-order valence-corrected chi connectivity index (χ3v) is 5.11. The van der Waals surface area contributed by atoms with Crippen molar-refractivity contribution in [2.24, 2.45) is 18.9 Å². The number of aromatic nitrogens is 4. The Kier molecular flexibility index (Phi) is 3.51. The molecular weight excluding hydrogens is 304 g/mol. The van der Waals surface area contributed by atoms with Crippen molar-refractivity contribution in [1.29, 1.82) is 0 Å². The molecule has 0 aromatic carbocycles. The molecule has 7 nitrogen and oxygen atoms in total. The Morgan fingerprint density at radius 2 is 1.75 bits per heavy atom. The highest BCUT2D eigenvalue weighted by Gasteiger charge is 2.42. The number of carbonyl (C=O) groups excluding carboxylic acids is 1. The number of likely N-dealkylation sites (tertiary alicyclic amines) is 1. The number of amides is 1. The predicted molar refractivity (Wildman–Crippen MR) is 89.8 cm³/mol. The number of aryl methyl sites for hydroxylation is 3. The summed E-state index contributed by atoms with van der Waals surface area (Å²) in [5.41, 5.74) is 2.54. The second-order valence-electron chi connectivity index (χ2n) is 6.95. The van der Waals surface area contributed by atoms with Crippen LogP contribution in [0, 0.1) is 25.7 Å². The molecule has 2 unspecified atom stereocenters. The number of hydrogen-bond acceptors (Lipinski definition) is 5. The lowest BCUT2D eigenvalue weighted by Crippen LogP contribution is -2.34. The smallest absolute Gasteiger partial charge is 0.272 e. The fourth-order valence-corrected chi connectivity index (χ4v) is 3.93. The predicted octanol–water partition coefficient (Wildman–Crippen LogP) is 1.04. The van der Waals surface area contributed by atoms with Crippen molar-refractivity contribution in [3.05, 3.63) is 35.5 Å². The van der Waals surface area contributed by atoms with E-state index in [9.17, 15) is 4.79 Å². The molecule has 0 aliphatic carbocycles. The standard InChI is InChI=1S/C17H22N6O/c1-11-5-16(19-10-18-11)22-6-13-8-23(9-14(13)7-22)17(24)15-4-12(2)20-21(15)3/h4-5,10,13-14H,6-9H2,1-3H3. The largest absolute Gasteiger partial charge is 0.356 e. The molecule has 2 aromatic heterocycles. The summed E-state index contributed by atoms with van der Waals surface area (Å²) in [5, 5.41) is 4.28. The number of anilines is 1. The highest BCUT2D eigenvalue weighted by molar-refractivity contribution is 5.93. The van der Waals surface area contributed by atoms with Crippen LogP contribution in [0.4, 0.5) is 5.82 Å². The Bertz CT molecular complexity index is 771. The van der Waals surface area contributed by atoms with Crippen LogP contribution < -0.4 is 4.90 Å². The average molecular weight is 326 g/mol. The highest BCUT2D eigenvalue weighted by atomic mass is 16.2. The fraction of sp³-hybridized carbons (Fsp3) is 0.529. The Hall–Kier alpha value is -2.44. The summed E-state index contributed by atoms with van der Waals surface area (Å²) in [7, 11) is 1.83. The lowest BCUT2D eigenvalue weighted by atomic mass is 10.0. The normalized spacial score (nSPS) is 23.0. The number of nitrogens with zero attached hydrogens (tertiary/aromatic N) is 6. The minimum absolute atomic E-state index is 0.0944. The molecule has 2 saturated heterocycles. The third-order valence-electron chi connectivity index (χ3n) is 5.11. The first-order valence-electron chi connectivity index (χ1n) is 8.35. The molecule has 24 heavy (non-hydrogen) atoms. The van der Waals surface area contributed by atoms with Crippen LogP contribution in [0.15, 0.2) is 18.5 Å². The van der Waals surface area contributed by atoms with Crippen LogP contribution in [0.1, 0.15) is 21.9 Å². The summed E-state index contributed by atoms with van der Waals surface area (Å²) >= 11 is 0. The van der Waals surface area contributed by atoms with Crippen LogP contribution in [-0.2, 0) is 7.05 Å². The topological polar surface area (TPSA) is 67.2 Å². The van der Waals surface area contributed by atoms with Gasteiger partial charge in [-0.15, -0.1) is 0 Å². The van der Waals surface area contributed by atoms with Gasteiger partial charge in [-0.3, -0.25) is 9.48 Å². The van der Waals surface area contributed by atoms with Gasteiger partial charge in [0.25, 0.3) is 5.91 Å². The number of rotatable bonds is 2. The second kappa shape index (κ2) is 5.58. The number of fused-ring (bicyclic) bond motifs is 1. The molecule has 7 heteroatoms. The maximum atomic E-state index is 12.7. The van der Waals surface area contributed by atoms with Gasteiger partial charge in [-0.25, -0.2) is 9.97 Å². The highest BCUT2D eigenvalue weighted by Crippen LogP contribution is 2.33. The first-order valence-corrected chi connectivity index (χ1v) is 8.35. The van der Waals surface area contributed by atoms with E-state index in [1.165, 1.54) is 0 Å². The molecule has 0 saturated carbocycles. The van der Waals surface area contributed by atoms with Gasteiger partial charge in [0.15, 0.2) is 0 Å². The Balaban J connectivity index is 1.44. The summed E-state index contributed by atoms with van der Waals surface area (Å²) < 4.78 is 1.68. The minimum atomic E-state index is 0.0944. The Labute approximate surface area is 141 Å². The van der Waals surface area contributed by atoms with Crippen LogP contribution >= 0.6 is 0 Å². The van der Waals surface area contributed by atoms with E-state index in [1.807, 2.05) is 37.9 Å². The van der Waals surface area contributed by atoms with E-state index in [0.717, 1.165) is 43.4 Å². The zero-order chi connectivity index (χ0) is 16.8. The van der Waals surface area contributed by atoms with Gasteiger partial charge in [0.2, 0.25) is 0 Å². The van der Waals surface area contributed by atoms with Crippen LogP contribution in [0.3, 0.4) is 0 Å². The summed E-state index contributed by atoms with van der Waals surface area (Å²) in [5.74, 6) is 2.12. The third kappa shape index (κ3) is 2.53. The molecule has 2 aliphatic rings. The zero-order valence-electron chi connectivity index (χ0n) is 14.3. The summed E-state index contributed by atoms with van der Waals surface area (Å²) in [6.45, 7) is 7.43. The van der Waals surface area contributed by atoms with E-state index in [4.69, 9.17) is 0 Å². The van der Waals surface area contributed by atoms with Crippen molar-refractivity contribution in [1.82, 2.24) is 24.6 Å². The molecule has 0 radical (unpaired) electrons. The van der Waals surface area contributed by atoms with Crippen molar-refractivity contribution in [3.63, 3.8) is 0 Å². The average Bonchev–Trinajstić information content (AvgIpc) is 3.19. The summed E-state index contributed by atoms with van der Waals surface area (Å²) in [4.78, 5) is 25.6. The molecule has 0 N–H and O–H groups in total. The minimum Gasteiger partial charge on any atom is -0.356 e. The monoisotopic (exact) mass is 326 g/mol. The van der Waals surface area contributed by atoms with E-state index in [0.29, 0.717) is 17.5 Å². The first kappa shape index (κ1) is 15.1. The second-order valence-corrected chi connectivity index (χ2v) is 6.95. The maximum Gasteiger partial charge on any atom is 0.272 e. The van der Waals surface area contributed by atoms with Gasteiger partial charge in [0.1, 0.15) is 17.8 Å². The lowest BCUT2D eigenvalue weighted by Gasteiger charge is -2.22. The maximum absolute atomic E-state index is 12.7. The lowest BCUT2D eigenvalue weighted by molar-refractivity contribution is 0.0771. The first-order chi connectivity index (χ1) is 11.5. The van der Waals surface area contributed by atoms with Gasteiger partial charge in [0, 0.05) is 56.8 Å². The SMILES string of the molecule is Cc1cc(N2CC3CN(C(=O)c4cc(C)nn4C)CC3C2)ncn1. The molecule has 2 atom stereocenters. The fourth-order valence-electron chi connectivity index (χ4n) is 3.93. The molecule has 4 rings (SSSR count). The summed E-state index contributed by atoms with van der Waals surface area (Å²) in [6, 6.07) is 3.90. The Morgan fingerprint density at radius 3 is 2.33 bits per heavy atom. The molecule has 4 heterocycles. The van der Waals surface area contributed by atoms with Crippen molar-refractivity contribution in [3.8, 4) is 0 Å². The van der Waals surface area contributed by atoms with Crippen LogP contribution in [0.25, 0.3) is 0 Å². The Morgan fingerprint density at radius 1 is 1.04 bits per heavy atom. The van der Waals surface area contributed by atoms with Crippen molar-refractivity contribution in [2.45, 2.75) is 13.8 Å². The quantitative estimate of drug-likeness (QED) is 0.825. The van der Waals surface area contributed by atoms with Crippen molar-refractivity contribution >= 4 is 11.7 Å². The van der Waals surface area contributed by atoms with E-state index in [1.54, 1.807) is 11.0 Å². The van der Waals surface area contributed by atoms with E-state index in [2.05, 4.69) is 20.0 Å². The molecule has 1 amide bonds. The van der Waals surface area contributed by atoms with Crippen molar-refractivity contribution in [2.75, 3.05) is 31.1 Å². The molecule has 2 aliphatic heterocycles. The van der Waals surface area contributed by atoms with Gasteiger partial charge in [-0.05, 0) is 19.9 Å². The van der Waals surface area contributed by atoms with Crippen LogP contribution in [0.2, 0.25) is 0 Å². The van der Waals surface area contributed by atoms with Gasteiger partial charge < -0.3 is 9.80 Å². The van der Waals surface area contributed by atoms with E-state index in [-0.39, 0.29) is 5.91 Å². The van der Waals surface area contributed by atoms with Crippen molar-refractivity contribution < 1.29 is 4.79 Å². The van der Waals surface area contributed by atoms with Gasteiger partial charge in [-0.2, -0.15) is 5.10 Å². The van der Waals surface area contributed by atoms with E-state index < -0.39 is 0 Å². The molecule has 0 spiro atoms. The van der Waals surface area contributed by atoms with Crippen LogP contribution in [-0.4, -0.2) is 56.7 Å². The van der Waals surface area contributed by atoms with Gasteiger partial charge in [0.05, 0.1) is 5.69 Å². The van der Waals surface area contributed by atoms with Gasteiger partial charge >= 0.3 is 0 Å². The molecule has 2 fully saturated rings. The molecule has 0 bridgehead atoms. The zero-order valence-corrected chi connectivity index (χ0v) is 14.3. The molecule has 126 valence electrons. The van der Waals surface area contributed by atoms with Crippen LogP contribution in [0.5, 0.6) is 0 Å². The number of carbonyl (C=O) groups is 1. The molecule has 2 aromatic rings. The van der Waals surface area contributed by atoms with Gasteiger partial charge in [-0.1, -0.05) is 0 Å². The molecular formula is C17H22N6O. The van der Waals surface area contributed by atoms with E-state index >= 15 is 0 Å². The number of hydrogen-bond donors (Lipinski definition) is 0. The summed E-state index contributed by atoms with van der Waals surface area (Å²) in [6.07, 6.45) is 1.62.